The quantitative estimate of drug-likeness (QED) is 0.336. The van der Waals surface area contributed by atoms with E-state index in [9.17, 15) is 4.79 Å². The van der Waals surface area contributed by atoms with Crippen LogP contribution in [-0.4, -0.2) is 42.3 Å². The van der Waals surface area contributed by atoms with Gasteiger partial charge in [0, 0.05) is 30.7 Å². The van der Waals surface area contributed by atoms with Crippen molar-refractivity contribution >= 4 is 22.7 Å². The van der Waals surface area contributed by atoms with Crippen LogP contribution in [0.15, 0.2) is 47.9 Å². The lowest BCUT2D eigenvalue weighted by molar-refractivity contribution is 0.267. The number of nitrogens with one attached hydrogen (secondary N) is 1. The number of hydrogen-bond donors (Lipinski definition) is 1. The molecule has 1 N–H and O–H groups in total. The molecule has 1 atom stereocenters. The molecule has 1 aromatic carbocycles. The minimum atomic E-state index is -0.142. The molecule has 1 saturated carbocycles. The summed E-state index contributed by atoms with van der Waals surface area (Å²) in [6, 6.07) is 8.69. The summed E-state index contributed by atoms with van der Waals surface area (Å²) < 4.78 is 3.48. The van der Waals surface area contributed by atoms with Crippen molar-refractivity contribution in [3.63, 3.8) is 0 Å². The number of allylic oxidation sites excluding steroid dienone is 1. The van der Waals surface area contributed by atoms with E-state index in [-0.39, 0.29) is 5.56 Å². The van der Waals surface area contributed by atoms with Crippen LogP contribution in [0.2, 0.25) is 0 Å². The second-order valence-electron chi connectivity index (χ2n) is 11.3. The van der Waals surface area contributed by atoms with Crippen molar-refractivity contribution in [1.29, 1.82) is 0 Å². The molecule has 2 aliphatic carbocycles. The number of nitrogens with zero attached hydrogens (tertiary/aromatic N) is 6. The maximum absolute atomic E-state index is 13.4. The molecule has 0 radical (unpaired) electrons. The van der Waals surface area contributed by atoms with Crippen molar-refractivity contribution in [3.05, 3.63) is 81.4 Å². The number of fused-ring (bicyclic) bond motifs is 3. The second kappa shape index (κ2) is 9.45. The molecule has 0 amide bonds. The zero-order chi connectivity index (χ0) is 26.7. The third-order valence-corrected chi connectivity index (χ3v) is 8.67. The zero-order valence-corrected chi connectivity index (χ0v) is 22.8. The molecule has 8 heteroatoms. The van der Waals surface area contributed by atoms with Crippen LogP contribution in [0.25, 0.3) is 16.9 Å². The van der Waals surface area contributed by atoms with Crippen molar-refractivity contribution in [2.75, 3.05) is 18.4 Å². The molecule has 1 aliphatic heterocycles. The van der Waals surface area contributed by atoms with Crippen LogP contribution in [0.3, 0.4) is 0 Å². The summed E-state index contributed by atoms with van der Waals surface area (Å²) in [6.07, 6.45) is 9.17. The van der Waals surface area contributed by atoms with Gasteiger partial charge in [-0.3, -0.25) is 9.69 Å². The number of benzene rings is 1. The molecule has 4 aromatic rings. The predicted octanol–water partition coefficient (Wildman–Crippen LogP) is 5.21. The van der Waals surface area contributed by atoms with Crippen molar-refractivity contribution < 1.29 is 0 Å². The van der Waals surface area contributed by atoms with Gasteiger partial charge in [0.1, 0.15) is 5.39 Å². The first-order chi connectivity index (χ1) is 19.0. The largest absolute Gasteiger partial charge is 0.324 e. The van der Waals surface area contributed by atoms with Crippen LogP contribution in [0.5, 0.6) is 0 Å². The standard InChI is InChI=1S/C31H35N7O/c1-4-13-37-30(39)26-17-32-31(35-29(26)38(37)27-11-10-21-7-6-19(3)28(21)34-27)33-23-15-22-18-36(5-2)14-12-24(22)25(16-23)20-8-9-20/h4,10-11,15-17,19-20H,1,5-9,12-14,18H2,2-3H3,(H,32,33,35)/t19-/m0/s1. The van der Waals surface area contributed by atoms with E-state index in [2.05, 4.69) is 53.8 Å². The summed E-state index contributed by atoms with van der Waals surface area (Å²) in [5.74, 6) is 2.25. The van der Waals surface area contributed by atoms with Crippen molar-refractivity contribution in [3.8, 4) is 5.82 Å². The second-order valence-corrected chi connectivity index (χ2v) is 11.3. The van der Waals surface area contributed by atoms with Gasteiger partial charge >= 0.3 is 0 Å². The molecule has 200 valence electrons. The highest BCUT2D eigenvalue weighted by Gasteiger charge is 2.30. The van der Waals surface area contributed by atoms with E-state index in [4.69, 9.17) is 9.97 Å². The Hall–Kier alpha value is -3.78. The topological polar surface area (TPSA) is 80.9 Å². The van der Waals surface area contributed by atoms with Crippen LogP contribution in [-0.2, 0) is 25.9 Å². The minimum absolute atomic E-state index is 0.142. The Bertz CT molecular complexity index is 1660. The molecule has 4 heterocycles. The average molecular weight is 522 g/mol. The first-order valence-corrected chi connectivity index (χ1v) is 14.3. The fourth-order valence-electron chi connectivity index (χ4n) is 6.39. The molecule has 8 nitrogen and oxygen atoms in total. The third-order valence-electron chi connectivity index (χ3n) is 8.67. The van der Waals surface area contributed by atoms with Gasteiger partial charge in [-0.25, -0.2) is 19.3 Å². The van der Waals surface area contributed by atoms with E-state index in [1.54, 1.807) is 17.0 Å². The molecule has 0 spiro atoms. The average Bonchev–Trinajstić information content (AvgIpc) is 3.69. The Balaban J connectivity index is 1.32. The van der Waals surface area contributed by atoms with E-state index in [0.29, 0.717) is 41.2 Å². The van der Waals surface area contributed by atoms with Gasteiger partial charge in [-0.15, -0.1) is 6.58 Å². The van der Waals surface area contributed by atoms with Crippen molar-refractivity contribution in [2.45, 2.75) is 70.9 Å². The molecule has 7 rings (SSSR count). The smallest absolute Gasteiger partial charge is 0.278 e. The first kappa shape index (κ1) is 24.3. The molecular weight excluding hydrogens is 486 g/mol. The summed E-state index contributed by atoms with van der Waals surface area (Å²) in [5.41, 5.74) is 8.25. The lowest BCUT2D eigenvalue weighted by Crippen LogP contribution is -2.30. The monoisotopic (exact) mass is 521 g/mol. The number of aromatic nitrogens is 5. The number of pyridine rings is 1. The van der Waals surface area contributed by atoms with Crippen LogP contribution in [0.4, 0.5) is 11.6 Å². The molecule has 3 aromatic heterocycles. The molecule has 3 aliphatic rings. The lowest BCUT2D eigenvalue weighted by atomic mass is 9.91. The summed E-state index contributed by atoms with van der Waals surface area (Å²) in [7, 11) is 0. The number of anilines is 2. The van der Waals surface area contributed by atoms with Crippen LogP contribution in [0, 0.1) is 0 Å². The lowest BCUT2D eigenvalue weighted by Gasteiger charge is -2.30. The summed E-state index contributed by atoms with van der Waals surface area (Å²) in [6.45, 7) is 11.8. The summed E-state index contributed by atoms with van der Waals surface area (Å²) in [5, 5.41) is 3.96. The molecule has 0 unspecified atom stereocenters. The van der Waals surface area contributed by atoms with Gasteiger partial charge in [-0.05, 0) is 90.9 Å². The number of aryl methyl sites for hydroxylation is 1. The van der Waals surface area contributed by atoms with Crippen molar-refractivity contribution in [1.82, 2.24) is 29.2 Å². The summed E-state index contributed by atoms with van der Waals surface area (Å²) in [4.78, 5) is 30.4. The van der Waals surface area contributed by atoms with Gasteiger partial charge in [0.05, 0.1) is 6.54 Å². The van der Waals surface area contributed by atoms with Crippen LogP contribution >= 0.6 is 0 Å². The molecule has 0 saturated heterocycles. The van der Waals surface area contributed by atoms with Gasteiger partial charge in [0.2, 0.25) is 5.95 Å². The molecule has 1 fully saturated rings. The minimum Gasteiger partial charge on any atom is -0.324 e. The Morgan fingerprint density at radius 2 is 2.00 bits per heavy atom. The van der Waals surface area contributed by atoms with E-state index >= 15 is 0 Å². The fourth-order valence-corrected chi connectivity index (χ4v) is 6.39. The van der Waals surface area contributed by atoms with Crippen LogP contribution < -0.4 is 10.9 Å². The van der Waals surface area contributed by atoms with Gasteiger partial charge in [0.15, 0.2) is 11.5 Å². The molecule has 0 bridgehead atoms. The van der Waals surface area contributed by atoms with Gasteiger partial charge in [0.25, 0.3) is 5.56 Å². The summed E-state index contributed by atoms with van der Waals surface area (Å²) >= 11 is 0. The SMILES string of the molecule is C=CCn1c(=O)c2cnc(Nc3cc4c(c(C5CC5)c3)CCN(CC)C4)nc2n1-c1ccc2c(n1)[C@@H](C)CC2. The van der Waals surface area contributed by atoms with E-state index in [1.807, 2.05) is 10.7 Å². The Labute approximate surface area is 228 Å². The maximum Gasteiger partial charge on any atom is 0.278 e. The Morgan fingerprint density at radius 1 is 1.13 bits per heavy atom. The number of likely N-dealkylation sites (N-methyl/N-ethyl adjacent to an activating group) is 1. The highest BCUT2D eigenvalue weighted by Crippen LogP contribution is 2.44. The van der Waals surface area contributed by atoms with Crippen LogP contribution in [0.1, 0.15) is 72.9 Å². The third kappa shape index (κ3) is 4.18. The number of hydrogen-bond acceptors (Lipinski definition) is 6. The fraction of sp³-hybridized carbons (Fsp3) is 0.419. The highest BCUT2D eigenvalue weighted by atomic mass is 16.1. The molecule has 39 heavy (non-hydrogen) atoms. The van der Waals surface area contributed by atoms with E-state index in [0.717, 1.165) is 50.3 Å². The Kier molecular flexibility index (Phi) is 5.88. The maximum atomic E-state index is 13.4. The van der Waals surface area contributed by atoms with E-state index in [1.165, 1.54) is 35.1 Å². The molecular formula is C31H35N7O. The Morgan fingerprint density at radius 3 is 2.79 bits per heavy atom. The normalized spacial score (nSPS) is 18.8. The van der Waals surface area contributed by atoms with E-state index < -0.39 is 0 Å². The first-order valence-electron chi connectivity index (χ1n) is 14.3. The zero-order valence-electron chi connectivity index (χ0n) is 22.8. The highest BCUT2D eigenvalue weighted by molar-refractivity contribution is 5.77. The number of rotatable bonds is 7. The van der Waals surface area contributed by atoms with Gasteiger partial charge in [-0.2, -0.15) is 4.98 Å². The van der Waals surface area contributed by atoms with Gasteiger partial charge < -0.3 is 5.32 Å². The van der Waals surface area contributed by atoms with Crippen molar-refractivity contribution in [2.24, 2.45) is 0 Å². The van der Waals surface area contributed by atoms with Gasteiger partial charge in [-0.1, -0.05) is 26.0 Å². The predicted molar refractivity (Wildman–Crippen MR) is 154 cm³/mol.